The predicted molar refractivity (Wildman–Crippen MR) is 45.9 cm³/mol. The predicted octanol–water partition coefficient (Wildman–Crippen LogP) is 1.36. The molecule has 0 bridgehead atoms. The Kier molecular flexibility index (Phi) is 3.05. The molecule has 0 aliphatic heterocycles. The molecule has 0 aromatic carbocycles. The van der Waals surface area contributed by atoms with Gasteiger partial charge in [0.2, 0.25) is 0 Å². The van der Waals surface area contributed by atoms with Crippen LogP contribution < -0.4 is 4.74 Å². The van der Waals surface area contributed by atoms with Gasteiger partial charge in [-0.3, -0.25) is 4.98 Å². The third-order valence-corrected chi connectivity index (χ3v) is 1.40. The van der Waals surface area contributed by atoms with Crippen molar-refractivity contribution in [3.8, 4) is 5.75 Å². The number of nitrogens with zero attached hydrogens (tertiary/aromatic N) is 1. The van der Waals surface area contributed by atoms with Crippen LogP contribution in [0.1, 0.15) is 19.4 Å². The van der Waals surface area contributed by atoms with E-state index in [0.717, 1.165) is 5.56 Å². The van der Waals surface area contributed by atoms with E-state index in [1.54, 1.807) is 18.5 Å². The van der Waals surface area contributed by atoms with Gasteiger partial charge in [-0.15, -0.1) is 0 Å². The quantitative estimate of drug-likeness (QED) is 0.739. The summed E-state index contributed by atoms with van der Waals surface area (Å²) in [7, 11) is 0. The van der Waals surface area contributed by atoms with Gasteiger partial charge in [0.25, 0.3) is 0 Å². The molecule has 3 heteroatoms. The summed E-state index contributed by atoms with van der Waals surface area (Å²) in [5, 5.41) is 8.92. The van der Waals surface area contributed by atoms with Gasteiger partial charge < -0.3 is 9.84 Å². The zero-order valence-corrected chi connectivity index (χ0v) is 7.32. The molecule has 1 heterocycles. The topological polar surface area (TPSA) is 42.4 Å². The Balaban J connectivity index is 2.82. The lowest BCUT2D eigenvalue weighted by molar-refractivity contribution is 0.224. The second-order valence-corrected chi connectivity index (χ2v) is 2.81. The monoisotopic (exact) mass is 167 g/mol. The normalized spacial score (nSPS) is 10.3. The van der Waals surface area contributed by atoms with E-state index in [4.69, 9.17) is 9.84 Å². The summed E-state index contributed by atoms with van der Waals surface area (Å²) in [4.78, 5) is 3.91. The summed E-state index contributed by atoms with van der Waals surface area (Å²) in [6.07, 6.45) is 3.36. The van der Waals surface area contributed by atoms with Crippen LogP contribution in [-0.2, 0) is 6.61 Å². The number of hydrogen-bond acceptors (Lipinski definition) is 3. The Bertz CT molecular complexity index is 248. The van der Waals surface area contributed by atoms with Crippen LogP contribution in [0.3, 0.4) is 0 Å². The van der Waals surface area contributed by atoms with Gasteiger partial charge in [0.1, 0.15) is 5.75 Å². The molecule has 0 fully saturated rings. The number of aliphatic hydroxyl groups excluding tert-OH is 1. The first kappa shape index (κ1) is 9.00. The highest BCUT2D eigenvalue weighted by Gasteiger charge is 2.03. The van der Waals surface area contributed by atoms with Gasteiger partial charge in [0.15, 0.2) is 0 Å². The molecule has 1 rings (SSSR count). The maximum atomic E-state index is 8.92. The number of hydrogen-bond donors (Lipinski definition) is 1. The van der Waals surface area contributed by atoms with Crippen LogP contribution in [0.4, 0.5) is 0 Å². The number of aromatic nitrogens is 1. The van der Waals surface area contributed by atoms with Crippen molar-refractivity contribution in [3.63, 3.8) is 0 Å². The molecule has 1 N–H and O–H groups in total. The SMILES string of the molecule is CC(C)Oc1cnccc1CO. The van der Waals surface area contributed by atoms with E-state index < -0.39 is 0 Å². The number of rotatable bonds is 3. The van der Waals surface area contributed by atoms with E-state index in [-0.39, 0.29) is 12.7 Å². The number of aliphatic hydroxyl groups is 1. The molecular formula is C9H13NO2. The fraction of sp³-hybridized carbons (Fsp3) is 0.444. The Morgan fingerprint density at radius 1 is 1.58 bits per heavy atom. The molecule has 1 aromatic heterocycles. The molecule has 0 saturated carbocycles. The lowest BCUT2D eigenvalue weighted by Crippen LogP contribution is -2.07. The van der Waals surface area contributed by atoms with Gasteiger partial charge in [-0.05, 0) is 19.9 Å². The van der Waals surface area contributed by atoms with Gasteiger partial charge in [-0.2, -0.15) is 0 Å². The largest absolute Gasteiger partial charge is 0.489 e. The molecule has 0 spiro atoms. The van der Waals surface area contributed by atoms with Crippen molar-refractivity contribution in [2.24, 2.45) is 0 Å². The highest BCUT2D eigenvalue weighted by molar-refractivity contribution is 5.28. The minimum atomic E-state index is -0.00935. The van der Waals surface area contributed by atoms with E-state index in [9.17, 15) is 0 Å². The molecule has 0 radical (unpaired) electrons. The molecule has 66 valence electrons. The van der Waals surface area contributed by atoms with Crippen LogP contribution in [0.5, 0.6) is 5.75 Å². The summed E-state index contributed by atoms with van der Waals surface area (Å²) in [5.74, 6) is 0.662. The standard InChI is InChI=1S/C9H13NO2/c1-7(2)12-9-5-10-4-3-8(9)6-11/h3-5,7,11H,6H2,1-2H3. The van der Waals surface area contributed by atoms with Crippen LogP contribution in [-0.4, -0.2) is 16.2 Å². The average Bonchev–Trinajstić information content (AvgIpc) is 2.04. The molecule has 3 nitrogen and oxygen atoms in total. The van der Waals surface area contributed by atoms with E-state index in [1.165, 1.54) is 0 Å². The summed E-state index contributed by atoms with van der Waals surface area (Å²) in [5.41, 5.74) is 0.777. The highest BCUT2D eigenvalue weighted by Crippen LogP contribution is 2.17. The average molecular weight is 167 g/mol. The molecule has 0 unspecified atom stereocenters. The minimum Gasteiger partial charge on any atom is -0.489 e. The maximum Gasteiger partial charge on any atom is 0.143 e. The van der Waals surface area contributed by atoms with Crippen LogP contribution in [0.15, 0.2) is 18.5 Å². The Morgan fingerprint density at radius 2 is 2.33 bits per heavy atom. The Labute approximate surface area is 72.0 Å². The molecule has 0 aliphatic rings. The first-order chi connectivity index (χ1) is 5.74. The van der Waals surface area contributed by atoms with Crippen molar-refractivity contribution in [1.82, 2.24) is 4.98 Å². The van der Waals surface area contributed by atoms with Gasteiger partial charge in [-0.25, -0.2) is 0 Å². The van der Waals surface area contributed by atoms with Crippen LogP contribution >= 0.6 is 0 Å². The van der Waals surface area contributed by atoms with Gasteiger partial charge >= 0.3 is 0 Å². The fourth-order valence-corrected chi connectivity index (χ4v) is 0.899. The third-order valence-electron chi connectivity index (χ3n) is 1.40. The second-order valence-electron chi connectivity index (χ2n) is 2.81. The zero-order chi connectivity index (χ0) is 8.97. The summed E-state index contributed by atoms with van der Waals surface area (Å²) in [6.45, 7) is 3.87. The van der Waals surface area contributed by atoms with E-state index in [2.05, 4.69) is 4.98 Å². The van der Waals surface area contributed by atoms with Crippen molar-refractivity contribution in [1.29, 1.82) is 0 Å². The highest BCUT2D eigenvalue weighted by atomic mass is 16.5. The van der Waals surface area contributed by atoms with Crippen molar-refractivity contribution >= 4 is 0 Å². The molecule has 12 heavy (non-hydrogen) atoms. The van der Waals surface area contributed by atoms with Gasteiger partial charge in [0, 0.05) is 11.8 Å². The summed E-state index contributed by atoms with van der Waals surface area (Å²) >= 11 is 0. The fourth-order valence-electron chi connectivity index (χ4n) is 0.899. The van der Waals surface area contributed by atoms with Crippen molar-refractivity contribution in [3.05, 3.63) is 24.0 Å². The molecule has 0 amide bonds. The maximum absolute atomic E-state index is 8.92. The first-order valence-electron chi connectivity index (χ1n) is 3.94. The van der Waals surface area contributed by atoms with Crippen molar-refractivity contribution in [2.45, 2.75) is 26.6 Å². The molecule has 1 aromatic rings. The lowest BCUT2D eigenvalue weighted by atomic mass is 10.2. The Morgan fingerprint density at radius 3 is 2.92 bits per heavy atom. The number of pyridine rings is 1. The van der Waals surface area contributed by atoms with Crippen molar-refractivity contribution < 1.29 is 9.84 Å². The van der Waals surface area contributed by atoms with E-state index in [1.807, 2.05) is 13.8 Å². The zero-order valence-electron chi connectivity index (χ0n) is 7.32. The lowest BCUT2D eigenvalue weighted by Gasteiger charge is -2.11. The van der Waals surface area contributed by atoms with Crippen LogP contribution in [0, 0.1) is 0 Å². The van der Waals surface area contributed by atoms with E-state index in [0.29, 0.717) is 5.75 Å². The van der Waals surface area contributed by atoms with E-state index >= 15 is 0 Å². The van der Waals surface area contributed by atoms with Gasteiger partial charge in [0.05, 0.1) is 18.9 Å². The Hall–Kier alpha value is -1.09. The minimum absolute atomic E-state index is 0.00935. The van der Waals surface area contributed by atoms with Crippen molar-refractivity contribution in [2.75, 3.05) is 0 Å². The first-order valence-corrected chi connectivity index (χ1v) is 3.94. The molecule has 0 saturated heterocycles. The molecular weight excluding hydrogens is 154 g/mol. The van der Waals surface area contributed by atoms with Gasteiger partial charge in [-0.1, -0.05) is 0 Å². The van der Waals surface area contributed by atoms with Crippen LogP contribution in [0.2, 0.25) is 0 Å². The molecule has 0 aliphatic carbocycles. The third kappa shape index (κ3) is 2.20. The summed E-state index contributed by atoms with van der Waals surface area (Å²) < 4.78 is 5.41. The molecule has 0 atom stereocenters. The van der Waals surface area contributed by atoms with Crippen LogP contribution in [0.25, 0.3) is 0 Å². The second kappa shape index (κ2) is 4.07. The number of ether oxygens (including phenoxy) is 1. The smallest absolute Gasteiger partial charge is 0.143 e. The summed E-state index contributed by atoms with van der Waals surface area (Å²) in [6, 6.07) is 1.75.